The summed E-state index contributed by atoms with van der Waals surface area (Å²) in [6, 6.07) is 10.3. The summed E-state index contributed by atoms with van der Waals surface area (Å²) in [5.74, 6) is -2.21. The predicted octanol–water partition coefficient (Wildman–Crippen LogP) is 4.98. The Morgan fingerprint density at radius 1 is 0.900 bits per heavy atom. The lowest BCUT2D eigenvalue weighted by atomic mass is 9.80. The second kappa shape index (κ2) is 11.1. The quantitative estimate of drug-likeness (QED) is 0.497. The minimum atomic E-state index is -0.986. The summed E-state index contributed by atoms with van der Waals surface area (Å²) in [6.45, 7) is 0. The molecule has 0 aliphatic rings. The second-order valence-electron chi connectivity index (χ2n) is 6.98. The first kappa shape index (κ1) is 23.8. The van der Waals surface area contributed by atoms with Crippen LogP contribution in [0.3, 0.4) is 0 Å². The van der Waals surface area contributed by atoms with Crippen LogP contribution < -0.4 is 9.47 Å². The predicted molar refractivity (Wildman–Crippen MR) is 115 cm³/mol. The molecule has 0 fully saturated rings. The number of ether oxygens (including phenoxy) is 2. The van der Waals surface area contributed by atoms with E-state index >= 15 is 0 Å². The minimum absolute atomic E-state index is 0.122. The van der Waals surface area contributed by atoms with Crippen LogP contribution in [0, 0.1) is 11.8 Å². The fraction of sp³-hybridized carbons (Fsp3) is 0.364. The van der Waals surface area contributed by atoms with Gasteiger partial charge in [-0.15, -0.1) is 0 Å². The Balaban J connectivity index is 2.32. The molecule has 0 saturated heterocycles. The van der Waals surface area contributed by atoms with Crippen molar-refractivity contribution in [2.75, 3.05) is 14.2 Å². The Labute approximate surface area is 185 Å². The van der Waals surface area contributed by atoms with Gasteiger partial charge in [0.15, 0.2) is 0 Å². The van der Waals surface area contributed by atoms with Crippen molar-refractivity contribution in [3.63, 3.8) is 0 Å². The van der Waals surface area contributed by atoms with Crippen LogP contribution in [0.5, 0.6) is 11.5 Å². The number of methoxy groups -OCH3 is 2. The Morgan fingerprint density at radius 2 is 1.40 bits per heavy atom. The smallest absolute Gasteiger partial charge is 0.307 e. The van der Waals surface area contributed by atoms with E-state index < -0.39 is 23.8 Å². The van der Waals surface area contributed by atoms with Crippen LogP contribution in [0.15, 0.2) is 36.4 Å². The van der Waals surface area contributed by atoms with Crippen LogP contribution in [0.2, 0.25) is 10.0 Å². The number of carboxylic acids is 2. The zero-order valence-electron chi connectivity index (χ0n) is 16.7. The van der Waals surface area contributed by atoms with E-state index in [2.05, 4.69) is 0 Å². The molecule has 0 unspecified atom stereocenters. The number of benzene rings is 2. The molecule has 2 aromatic rings. The van der Waals surface area contributed by atoms with Crippen molar-refractivity contribution in [3.8, 4) is 11.5 Å². The first-order valence-corrected chi connectivity index (χ1v) is 10.1. The Kier molecular flexibility index (Phi) is 8.81. The Bertz CT molecular complexity index is 899. The van der Waals surface area contributed by atoms with Gasteiger partial charge in [-0.2, -0.15) is 0 Å². The van der Waals surface area contributed by atoms with Crippen molar-refractivity contribution in [1.29, 1.82) is 0 Å². The highest BCUT2D eigenvalue weighted by molar-refractivity contribution is 6.32. The summed E-state index contributed by atoms with van der Waals surface area (Å²) in [7, 11) is 2.99. The lowest BCUT2D eigenvalue weighted by molar-refractivity contribution is -0.145. The van der Waals surface area contributed by atoms with Crippen molar-refractivity contribution in [2.45, 2.75) is 25.7 Å². The van der Waals surface area contributed by atoms with Crippen LogP contribution in [0.25, 0.3) is 0 Å². The molecule has 2 atom stereocenters. The summed E-state index contributed by atoms with van der Waals surface area (Å²) in [4.78, 5) is 23.3. The fourth-order valence-electron chi connectivity index (χ4n) is 3.43. The molecular weight excluding hydrogens is 431 g/mol. The van der Waals surface area contributed by atoms with Gasteiger partial charge in [0, 0.05) is 6.42 Å². The maximum absolute atomic E-state index is 12.1. The van der Waals surface area contributed by atoms with Crippen molar-refractivity contribution in [1.82, 2.24) is 0 Å². The third kappa shape index (κ3) is 6.54. The van der Waals surface area contributed by atoms with Gasteiger partial charge >= 0.3 is 11.9 Å². The zero-order valence-corrected chi connectivity index (χ0v) is 18.2. The SMILES string of the molecule is COc1cc(C[C@H](CCC(=O)O)[C@H](Cc2ccc(Cl)c(OC)c2)C(=O)O)ccc1Cl. The molecule has 0 heterocycles. The molecule has 0 bridgehead atoms. The lowest BCUT2D eigenvalue weighted by Crippen LogP contribution is -2.28. The topological polar surface area (TPSA) is 93.1 Å². The first-order valence-electron chi connectivity index (χ1n) is 9.34. The number of carboxylic acid groups (broad SMARTS) is 2. The first-order chi connectivity index (χ1) is 14.2. The molecule has 0 saturated carbocycles. The van der Waals surface area contributed by atoms with Gasteiger partial charge in [0.25, 0.3) is 0 Å². The molecule has 2 aromatic carbocycles. The highest BCUT2D eigenvalue weighted by Crippen LogP contribution is 2.32. The molecule has 2 N–H and O–H groups in total. The average Bonchev–Trinajstić information content (AvgIpc) is 2.71. The maximum atomic E-state index is 12.1. The zero-order chi connectivity index (χ0) is 22.3. The van der Waals surface area contributed by atoms with Crippen LogP contribution in [0.1, 0.15) is 24.0 Å². The van der Waals surface area contributed by atoms with Crippen molar-refractivity contribution < 1.29 is 29.3 Å². The highest BCUT2D eigenvalue weighted by atomic mass is 35.5. The number of carbonyl (C=O) groups is 2. The summed E-state index contributed by atoms with van der Waals surface area (Å²) in [5.41, 5.74) is 1.57. The van der Waals surface area contributed by atoms with Gasteiger partial charge in [-0.05, 0) is 60.6 Å². The van der Waals surface area contributed by atoms with E-state index in [1.165, 1.54) is 14.2 Å². The number of rotatable bonds is 11. The van der Waals surface area contributed by atoms with E-state index in [9.17, 15) is 14.7 Å². The van der Waals surface area contributed by atoms with E-state index in [4.69, 9.17) is 37.8 Å². The van der Waals surface area contributed by atoms with Crippen molar-refractivity contribution in [2.24, 2.45) is 11.8 Å². The van der Waals surface area contributed by atoms with Gasteiger partial charge in [-0.3, -0.25) is 9.59 Å². The third-order valence-electron chi connectivity index (χ3n) is 5.00. The van der Waals surface area contributed by atoms with Crippen LogP contribution >= 0.6 is 23.2 Å². The Hall–Kier alpha value is -2.44. The van der Waals surface area contributed by atoms with Crippen LogP contribution in [-0.2, 0) is 22.4 Å². The standard InChI is InChI=1S/C22H24Cl2O6/c1-29-19-11-13(3-6-17(19)23)9-15(5-8-21(25)26)16(22(27)28)10-14-4-7-18(24)20(12-14)30-2/h3-4,6-7,11-12,15-16H,5,8-10H2,1-2H3,(H,25,26)(H,27,28)/t15-,16-/m0/s1. The lowest BCUT2D eigenvalue weighted by Gasteiger charge is -2.24. The number of hydrogen-bond acceptors (Lipinski definition) is 4. The molecule has 6 nitrogen and oxygen atoms in total. The van der Waals surface area contributed by atoms with Crippen LogP contribution in [0.4, 0.5) is 0 Å². The van der Waals surface area contributed by atoms with E-state index in [1.807, 2.05) is 0 Å². The van der Waals surface area contributed by atoms with Gasteiger partial charge in [0.2, 0.25) is 0 Å². The number of hydrogen-bond donors (Lipinski definition) is 2. The number of halogens is 2. The molecule has 0 aliphatic heterocycles. The van der Waals surface area contributed by atoms with Crippen molar-refractivity contribution in [3.05, 3.63) is 57.6 Å². The molecule has 0 spiro atoms. The van der Waals surface area contributed by atoms with Crippen molar-refractivity contribution >= 4 is 35.1 Å². The van der Waals surface area contributed by atoms with Gasteiger partial charge in [-0.1, -0.05) is 35.3 Å². The Morgan fingerprint density at radius 3 is 1.83 bits per heavy atom. The largest absolute Gasteiger partial charge is 0.495 e. The summed E-state index contributed by atoms with van der Waals surface area (Å²) < 4.78 is 10.5. The highest BCUT2D eigenvalue weighted by Gasteiger charge is 2.29. The summed E-state index contributed by atoms with van der Waals surface area (Å²) >= 11 is 12.1. The van der Waals surface area contributed by atoms with Gasteiger partial charge in [-0.25, -0.2) is 0 Å². The van der Waals surface area contributed by atoms with E-state index in [0.29, 0.717) is 28.0 Å². The van der Waals surface area contributed by atoms with Crippen LogP contribution in [-0.4, -0.2) is 36.4 Å². The van der Waals surface area contributed by atoms with Gasteiger partial charge in [0.05, 0.1) is 30.2 Å². The molecule has 30 heavy (non-hydrogen) atoms. The molecule has 162 valence electrons. The molecule has 2 rings (SSSR count). The molecule has 0 aliphatic carbocycles. The maximum Gasteiger partial charge on any atom is 0.307 e. The summed E-state index contributed by atoms with van der Waals surface area (Å²) in [5, 5.41) is 19.9. The number of aliphatic carboxylic acids is 2. The minimum Gasteiger partial charge on any atom is -0.495 e. The monoisotopic (exact) mass is 454 g/mol. The second-order valence-corrected chi connectivity index (χ2v) is 7.80. The molecule has 8 heteroatoms. The van der Waals surface area contributed by atoms with Gasteiger partial charge in [0.1, 0.15) is 11.5 Å². The van der Waals surface area contributed by atoms with E-state index in [1.54, 1.807) is 36.4 Å². The van der Waals surface area contributed by atoms with E-state index in [0.717, 1.165) is 11.1 Å². The fourth-order valence-corrected chi connectivity index (χ4v) is 3.82. The molecule has 0 aromatic heterocycles. The molecular formula is C22H24Cl2O6. The summed E-state index contributed by atoms with van der Waals surface area (Å²) in [6.07, 6.45) is 0.700. The van der Waals surface area contributed by atoms with Gasteiger partial charge < -0.3 is 19.7 Å². The average molecular weight is 455 g/mol. The molecule has 0 amide bonds. The molecule has 0 radical (unpaired) electrons. The normalized spacial score (nSPS) is 12.8. The van der Waals surface area contributed by atoms with E-state index in [-0.39, 0.29) is 19.3 Å². The third-order valence-corrected chi connectivity index (χ3v) is 5.62.